The number of unbranched alkanes of at least 4 members (excludes halogenated alkanes) is 4. The zero-order valence-corrected chi connectivity index (χ0v) is 15.9. The summed E-state index contributed by atoms with van der Waals surface area (Å²) in [6, 6.07) is 0. The van der Waals surface area contributed by atoms with Gasteiger partial charge in [-0.25, -0.2) is 0 Å². The quantitative estimate of drug-likeness (QED) is 0.190. The van der Waals surface area contributed by atoms with Gasteiger partial charge in [-0.3, -0.25) is 4.99 Å². The van der Waals surface area contributed by atoms with E-state index >= 15 is 0 Å². The average Bonchev–Trinajstić information content (AvgIpc) is 2.55. The molecule has 0 fully saturated rings. The third kappa shape index (κ3) is 10.1. The first kappa shape index (κ1) is 21.6. The number of aliphatic imine (C=N–C) groups is 1. The number of hydrogen-bond donors (Lipinski definition) is 0. The normalized spacial score (nSPS) is 14.7. The van der Waals surface area contributed by atoms with Crippen LogP contribution in [0, 0.1) is 5.92 Å². The largest absolute Gasteiger partial charge is 0.264 e. The Kier molecular flexibility index (Phi) is 13.4. The first-order chi connectivity index (χ1) is 11.1. The second-order valence-electron chi connectivity index (χ2n) is 6.36. The van der Waals surface area contributed by atoms with Crippen LogP contribution in [-0.2, 0) is 0 Å². The molecule has 23 heavy (non-hydrogen) atoms. The van der Waals surface area contributed by atoms with Gasteiger partial charge in [0.2, 0.25) is 0 Å². The summed E-state index contributed by atoms with van der Waals surface area (Å²) in [7, 11) is 0. The Hall–Kier alpha value is -1.37. The van der Waals surface area contributed by atoms with E-state index in [0.29, 0.717) is 0 Å². The van der Waals surface area contributed by atoms with Crippen LogP contribution in [-0.4, -0.2) is 6.72 Å². The smallest absolute Gasteiger partial charge is 0.0652 e. The van der Waals surface area contributed by atoms with Crippen LogP contribution in [0.15, 0.2) is 52.7 Å². The second kappa shape index (κ2) is 14.2. The molecule has 0 aliphatic carbocycles. The van der Waals surface area contributed by atoms with Gasteiger partial charge in [0.15, 0.2) is 0 Å². The number of allylic oxidation sites excluding steroid dienone is 5. The molecule has 0 amide bonds. The SMILES string of the molecule is C=CC=C(C=C(CC)CC(C)CCCCCCC)C(=CC)N=C. The van der Waals surface area contributed by atoms with Gasteiger partial charge in [-0.1, -0.05) is 95.8 Å². The number of nitrogens with zero attached hydrogens (tertiary/aromatic N) is 1. The van der Waals surface area contributed by atoms with Gasteiger partial charge in [0, 0.05) is 0 Å². The molecule has 1 nitrogen and oxygen atoms in total. The molecule has 0 aliphatic rings. The van der Waals surface area contributed by atoms with Gasteiger partial charge < -0.3 is 0 Å². The Morgan fingerprint density at radius 1 is 1.13 bits per heavy atom. The molecule has 1 unspecified atom stereocenters. The second-order valence-corrected chi connectivity index (χ2v) is 6.36. The molecule has 0 N–H and O–H groups in total. The molecule has 0 aromatic carbocycles. The first-order valence-corrected chi connectivity index (χ1v) is 9.28. The minimum Gasteiger partial charge on any atom is -0.264 e. The summed E-state index contributed by atoms with van der Waals surface area (Å²) >= 11 is 0. The van der Waals surface area contributed by atoms with Crippen LogP contribution in [0.3, 0.4) is 0 Å². The monoisotopic (exact) mass is 315 g/mol. The Bertz CT molecular complexity index is 423. The standard InChI is InChI=1S/C22H37N/c1-7-11-12-13-14-16-19(5)17-20(9-3)18-21(15-8-2)22(10-4)23-6/h8,10,15,18-19H,2,6-7,9,11-14,16-17H2,1,3-5H3. The molecule has 0 saturated carbocycles. The molecule has 0 radical (unpaired) electrons. The van der Waals surface area contributed by atoms with E-state index in [0.717, 1.165) is 23.6 Å². The molecule has 0 rings (SSSR count). The van der Waals surface area contributed by atoms with Gasteiger partial charge in [-0.15, -0.1) is 0 Å². The van der Waals surface area contributed by atoms with Gasteiger partial charge in [0.25, 0.3) is 0 Å². The van der Waals surface area contributed by atoms with Crippen molar-refractivity contribution in [2.24, 2.45) is 10.9 Å². The molecule has 1 atom stereocenters. The Morgan fingerprint density at radius 3 is 2.35 bits per heavy atom. The van der Waals surface area contributed by atoms with E-state index in [1.165, 1.54) is 50.5 Å². The lowest BCUT2D eigenvalue weighted by Gasteiger charge is -2.14. The summed E-state index contributed by atoms with van der Waals surface area (Å²) in [5.41, 5.74) is 3.54. The predicted octanol–water partition coefficient (Wildman–Crippen LogP) is 7.43. The van der Waals surface area contributed by atoms with Gasteiger partial charge in [-0.05, 0) is 38.0 Å². The molecule has 0 aliphatic heterocycles. The summed E-state index contributed by atoms with van der Waals surface area (Å²) in [5.74, 6) is 0.749. The Balaban J connectivity index is 4.68. The lowest BCUT2D eigenvalue weighted by Crippen LogP contribution is -1.98. The van der Waals surface area contributed by atoms with E-state index in [1.54, 1.807) is 0 Å². The summed E-state index contributed by atoms with van der Waals surface area (Å²) in [6.07, 6.45) is 18.6. The maximum absolute atomic E-state index is 4.12. The Labute approximate surface area is 145 Å². The molecular formula is C22H37N. The van der Waals surface area contributed by atoms with Crippen molar-refractivity contribution in [2.75, 3.05) is 0 Å². The van der Waals surface area contributed by atoms with Crippen LogP contribution in [0.5, 0.6) is 0 Å². The lowest BCUT2D eigenvalue weighted by molar-refractivity contribution is 0.478. The van der Waals surface area contributed by atoms with Gasteiger partial charge in [0.05, 0.1) is 5.70 Å². The van der Waals surface area contributed by atoms with E-state index in [9.17, 15) is 0 Å². The van der Waals surface area contributed by atoms with Crippen molar-refractivity contribution < 1.29 is 0 Å². The average molecular weight is 316 g/mol. The van der Waals surface area contributed by atoms with Crippen molar-refractivity contribution in [1.82, 2.24) is 0 Å². The summed E-state index contributed by atoms with van der Waals surface area (Å²) in [6.45, 7) is 16.4. The van der Waals surface area contributed by atoms with Crippen LogP contribution < -0.4 is 0 Å². The molecule has 0 bridgehead atoms. The minimum absolute atomic E-state index is 0.749. The Morgan fingerprint density at radius 2 is 1.83 bits per heavy atom. The zero-order chi connectivity index (χ0) is 17.5. The van der Waals surface area contributed by atoms with Crippen LogP contribution in [0.1, 0.15) is 79.1 Å². The molecule has 0 spiro atoms. The number of rotatable bonds is 13. The molecule has 0 aromatic heterocycles. The van der Waals surface area contributed by atoms with E-state index in [-0.39, 0.29) is 0 Å². The van der Waals surface area contributed by atoms with Crippen molar-refractivity contribution >= 4 is 6.72 Å². The molecular weight excluding hydrogens is 278 g/mol. The van der Waals surface area contributed by atoms with E-state index in [1.807, 2.05) is 25.2 Å². The highest BCUT2D eigenvalue weighted by Gasteiger charge is 2.07. The third-order valence-corrected chi connectivity index (χ3v) is 4.26. The zero-order valence-electron chi connectivity index (χ0n) is 15.9. The molecule has 130 valence electrons. The summed E-state index contributed by atoms with van der Waals surface area (Å²) in [5, 5.41) is 0. The van der Waals surface area contributed by atoms with Crippen molar-refractivity contribution in [3.63, 3.8) is 0 Å². The van der Waals surface area contributed by atoms with E-state index in [4.69, 9.17) is 0 Å². The van der Waals surface area contributed by atoms with Crippen LogP contribution in [0.4, 0.5) is 0 Å². The fraction of sp³-hybridized carbons (Fsp3) is 0.591. The number of hydrogen-bond acceptors (Lipinski definition) is 1. The van der Waals surface area contributed by atoms with Crippen molar-refractivity contribution in [1.29, 1.82) is 0 Å². The van der Waals surface area contributed by atoms with Crippen LogP contribution in [0.25, 0.3) is 0 Å². The van der Waals surface area contributed by atoms with Gasteiger partial charge >= 0.3 is 0 Å². The molecule has 1 heteroatoms. The van der Waals surface area contributed by atoms with Gasteiger partial charge in [-0.2, -0.15) is 0 Å². The lowest BCUT2D eigenvalue weighted by atomic mass is 9.92. The van der Waals surface area contributed by atoms with Crippen LogP contribution >= 0.6 is 0 Å². The van der Waals surface area contributed by atoms with Crippen molar-refractivity contribution in [2.45, 2.75) is 79.1 Å². The summed E-state index contributed by atoms with van der Waals surface area (Å²) in [4.78, 5) is 4.12. The molecule has 0 saturated heterocycles. The molecule has 0 heterocycles. The van der Waals surface area contributed by atoms with E-state index in [2.05, 4.69) is 45.1 Å². The highest BCUT2D eigenvalue weighted by atomic mass is 14.7. The summed E-state index contributed by atoms with van der Waals surface area (Å²) < 4.78 is 0. The highest BCUT2D eigenvalue weighted by molar-refractivity contribution is 5.46. The fourth-order valence-corrected chi connectivity index (χ4v) is 2.85. The maximum Gasteiger partial charge on any atom is 0.0652 e. The van der Waals surface area contributed by atoms with Crippen molar-refractivity contribution in [3.8, 4) is 0 Å². The molecule has 0 aromatic rings. The van der Waals surface area contributed by atoms with E-state index < -0.39 is 0 Å². The van der Waals surface area contributed by atoms with Crippen LogP contribution in [0.2, 0.25) is 0 Å². The first-order valence-electron chi connectivity index (χ1n) is 9.28. The topological polar surface area (TPSA) is 12.4 Å². The minimum atomic E-state index is 0.749. The maximum atomic E-state index is 4.12. The fourth-order valence-electron chi connectivity index (χ4n) is 2.85. The highest BCUT2D eigenvalue weighted by Crippen LogP contribution is 2.24. The van der Waals surface area contributed by atoms with Crippen molar-refractivity contribution in [3.05, 3.63) is 47.7 Å². The predicted molar refractivity (Wildman–Crippen MR) is 107 cm³/mol. The third-order valence-electron chi connectivity index (χ3n) is 4.26. The van der Waals surface area contributed by atoms with Gasteiger partial charge in [0.1, 0.15) is 0 Å².